The smallest absolute Gasteiger partial charge is 0.278 e. The van der Waals surface area contributed by atoms with E-state index in [2.05, 4.69) is 20.1 Å². The number of ether oxygens (including phenoxy) is 1. The topological polar surface area (TPSA) is 116 Å². The van der Waals surface area contributed by atoms with Crippen molar-refractivity contribution in [2.24, 2.45) is 15.9 Å². The summed E-state index contributed by atoms with van der Waals surface area (Å²) >= 11 is 17.3. The fourth-order valence-electron chi connectivity index (χ4n) is 3.30. The number of nitro groups is 1. The molecule has 9 nitrogen and oxygen atoms in total. The zero-order valence-electron chi connectivity index (χ0n) is 13.2. The van der Waals surface area contributed by atoms with E-state index in [0.29, 0.717) is 5.90 Å². The van der Waals surface area contributed by atoms with Gasteiger partial charge in [-0.05, 0) is 0 Å². The quantitative estimate of drug-likeness (QED) is 0.420. The number of methoxy groups -OCH3 is 1. The Morgan fingerprint density at radius 1 is 1.44 bits per heavy atom. The molecule has 3 rings (SSSR count). The summed E-state index contributed by atoms with van der Waals surface area (Å²) in [5.74, 6) is -0.613. The second-order valence-corrected chi connectivity index (χ2v) is 8.22. The molecule has 1 aliphatic carbocycles. The zero-order valence-corrected chi connectivity index (χ0v) is 15.4. The molecule has 0 amide bonds. The molecule has 136 valence electrons. The van der Waals surface area contributed by atoms with Gasteiger partial charge >= 0.3 is 0 Å². The number of fused-ring (bicyclic) bond motifs is 1. The van der Waals surface area contributed by atoms with Crippen LogP contribution in [0.15, 0.2) is 14.5 Å². The Kier molecular flexibility index (Phi) is 4.91. The average molecular weight is 411 g/mol. The standard InChI is InChI=1S/C13H14Cl3N5O4/c1-5-7(21(22)23)3-6-10(18-8(24-2)4-17-6)9(5)11-19-12(25-20-11)13(14,15)16/h4-7,9-10H,3H2,1-2H3. The Labute approximate surface area is 157 Å². The fourth-order valence-corrected chi connectivity index (χ4v) is 3.53. The normalized spacial score (nSPS) is 32.0. The Balaban J connectivity index is 2.02. The maximum Gasteiger partial charge on any atom is 0.278 e. The summed E-state index contributed by atoms with van der Waals surface area (Å²) in [6, 6.07) is -1.63. The summed E-state index contributed by atoms with van der Waals surface area (Å²) in [4.78, 5) is 24.1. The van der Waals surface area contributed by atoms with Crippen LogP contribution < -0.4 is 0 Å². The number of halogens is 3. The second-order valence-electron chi connectivity index (χ2n) is 5.94. The predicted molar refractivity (Wildman–Crippen MR) is 91.4 cm³/mol. The van der Waals surface area contributed by atoms with E-state index < -0.39 is 27.7 Å². The number of nitrogens with zero attached hydrogens (tertiary/aromatic N) is 5. The van der Waals surface area contributed by atoms with Crippen molar-refractivity contribution in [2.75, 3.05) is 7.11 Å². The number of aromatic nitrogens is 2. The van der Waals surface area contributed by atoms with Crippen molar-refractivity contribution in [3.05, 3.63) is 21.8 Å². The third-order valence-electron chi connectivity index (χ3n) is 4.53. The lowest BCUT2D eigenvalue weighted by Crippen LogP contribution is -2.50. The predicted octanol–water partition coefficient (Wildman–Crippen LogP) is 2.53. The van der Waals surface area contributed by atoms with Gasteiger partial charge in [-0.15, -0.1) is 0 Å². The van der Waals surface area contributed by atoms with Crippen molar-refractivity contribution in [1.82, 2.24) is 10.1 Å². The number of hydrogen-bond acceptors (Lipinski definition) is 8. The number of rotatable bonds is 2. The van der Waals surface area contributed by atoms with Crippen molar-refractivity contribution in [1.29, 1.82) is 0 Å². The van der Waals surface area contributed by atoms with Gasteiger partial charge in [-0.25, -0.2) is 4.99 Å². The van der Waals surface area contributed by atoms with Crippen molar-refractivity contribution in [3.63, 3.8) is 0 Å². The lowest BCUT2D eigenvalue weighted by atomic mass is 9.71. The van der Waals surface area contributed by atoms with E-state index in [4.69, 9.17) is 44.1 Å². The van der Waals surface area contributed by atoms with Gasteiger partial charge in [0.15, 0.2) is 5.82 Å². The van der Waals surface area contributed by atoms with Crippen LogP contribution in [0.25, 0.3) is 0 Å². The van der Waals surface area contributed by atoms with Crippen molar-refractivity contribution < 1.29 is 14.2 Å². The molecule has 1 aliphatic heterocycles. The molecule has 0 bridgehead atoms. The zero-order chi connectivity index (χ0) is 18.4. The molecule has 1 aromatic heterocycles. The van der Waals surface area contributed by atoms with Crippen molar-refractivity contribution >= 4 is 46.9 Å². The second kappa shape index (κ2) is 6.69. The summed E-state index contributed by atoms with van der Waals surface area (Å²) in [6.07, 6.45) is 1.73. The summed E-state index contributed by atoms with van der Waals surface area (Å²) in [5.41, 5.74) is 0. The molecule has 0 saturated heterocycles. The summed E-state index contributed by atoms with van der Waals surface area (Å²) in [7, 11) is 1.47. The molecule has 25 heavy (non-hydrogen) atoms. The highest BCUT2D eigenvalue weighted by atomic mass is 35.6. The molecule has 1 fully saturated rings. The molecular formula is C13H14Cl3N5O4. The molecule has 0 spiro atoms. The molecule has 1 aromatic rings. The number of aliphatic imine (C=N–C) groups is 2. The first-order valence-electron chi connectivity index (χ1n) is 7.41. The van der Waals surface area contributed by atoms with E-state index in [1.165, 1.54) is 13.3 Å². The highest BCUT2D eigenvalue weighted by molar-refractivity contribution is 6.66. The Hall–Kier alpha value is -1.45. The minimum atomic E-state index is -1.88. The third-order valence-corrected chi connectivity index (χ3v) is 5.02. The van der Waals surface area contributed by atoms with Crippen molar-refractivity contribution in [2.45, 2.75) is 41.2 Å². The van der Waals surface area contributed by atoms with Gasteiger partial charge in [-0.2, -0.15) is 4.98 Å². The van der Waals surface area contributed by atoms with Crippen LogP contribution in [0.4, 0.5) is 0 Å². The molecule has 12 heteroatoms. The van der Waals surface area contributed by atoms with Crippen LogP contribution in [0.1, 0.15) is 31.0 Å². The van der Waals surface area contributed by atoms with E-state index in [1.807, 2.05) is 0 Å². The lowest BCUT2D eigenvalue weighted by molar-refractivity contribution is -0.536. The van der Waals surface area contributed by atoms with Gasteiger partial charge in [0.05, 0.1) is 31.3 Å². The van der Waals surface area contributed by atoms with Gasteiger partial charge < -0.3 is 9.26 Å². The lowest BCUT2D eigenvalue weighted by Gasteiger charge is -2.39. The molecule has 1 saturated carbocycles. The van der Waals surface area contributed by atoms with Gasteiger partial charge in [-0.3, -0.25) is 15.1 Å². The monoisotopic (exact) mass is 409 g/mol. The van der Waals surface area contributed by atoms with Crippen LogP contribution in [0, 0.1) is 16.0 Å². The molecule has 2 heterocycles. The molecule has 5 atom stereocenters. The maximum atomic E-state index is 11.5. The van der Waals surface area contributed by atoms with Crippen LogP contribution in [-0.4, -0.2) is 52.4 Å². The van der Waals surface area contributed by atoms with Gasteiger partial charge in [0.25, 0.3) is 9.68 Å². The largest absolute Gasteiger partial charge is 0.480 e. The van der Waals surface area contributed by atoms with E-state index in [1.54, 1.807) is 6.92 Å². The maximum absolute atomic E-state index is 11.5. The molecule has 2 aliphatic rings. The first kappa shape index (κ1) is 18.3. The first-order chi connectivity index (χ1) is 11.7. The van der Waals surface area contributed by atoms with Crippen molar-refractivity contribution in [3.8, 4) is 0 Å². The third kappa shape index (κ3) is 3.45. The summed E-state index contributed by atoms with van der Waals surface area (Å²) in [6.45, 7) is 1.75. The van der Waals surface area contributed by atoms with Gasteiger partial charge in [0.2, 0.25) is 11.9 Å². The SMILES string of the molecule is COC1=NC2C(CC([N+](=O)[O-])C(C)C2c2noc(C(Cl)(Cl)Cl)n2)N=C1. The van der Waals surface area contributed by atoms with Gasteiger partial charge in [-0.1, -0.05) is 46.9 Å². The van der Waals surface area contributed by atoms with Crippen LogP contribution in [0.2, 0.25) is 0 Å². The summed E-state index contributed by atoms with van der Waals surface area (Å²) < 4.78 is 8.27. The Morgan fingerprint density at radius 2 is 2.16 bits per heavy atom. The van der Waals surface area contributed by atoms with Crippen LogP contribution in [-0.2, 0) is 8.53 Å². The molecular weight excluding hydrogens is 397 g/mol. The van der Waals surface area contributed by atoms with Crippen LogP contribution in [0.3, 0.4) is 0 Å². The molecule has 5 unspecified atom stereocenters. The van der Waals surface area contributed by atoms with Gasteiger partial charge in [0, 0.05) is 17.3 Å². The van der Waals surface area contributed by atoms with E-state index in [0.717, 1.165) is 0 Å². The van der Waals surface area contributed by atoms with Gasteiger partial charge in [0.1, 0.15) is 0 Å². The van der Waals surface area contributed by atoms with E-state index in [9.17, 15) is 10.1 Å². The first-order valence-corrected chi connectivity index (χ1v) is 8.55. The fraction of sp³-hybridized carbons (Fsp3) is 0.692. The highest BCUT2D eigenvalue weighted by Crippen LogP contribution is 2.43. The van der Waals surface area contributed by atoms with Crippen LogP contribution in [0.5, 0.6) is 0 Å². The number of alkyl halides is 3. The molecule has 0 N–H and O–H groups in total. The van der Waals surface area contributed by atoms with E-state index >= 15 is 0 Å². The number of hydrogen-bond donors (Lipinski definition) is 0. The van der Waals surface area contributed by atoms with Crippen LogP contribution >= 0.6 is 34.8 Å². The minimum absolute atomic E-state index is 0.199. The minimum Gasteiger partial charge on any atom is -0.480 e. The molecule has 0 radical (unpaired) electrons. The Bertz CT molecular complexity index is 731. The average Bonchev–Trinajstić information content (AvgIpc) is 3.03. The molecule has 0 aromatic carbocycles. The highest BCUT2D eigenvalue weighted by Gasteiger charge is 2.51. The summed E-state index contributed by atoms with van der Waals surface area (Å²) in [5, 5.41) is 15.3. The van der Waals surface area contributed by atoms with E-state index in [-0.39, 0.29) is 29.1 Å². The Morgan fingerprint density at radius 3 is 2.72 bits per heavy atom.